The summed E-state index contributed by atoms with van der Waals surface area (Å²) in [5.41, 5.74) is 7.17. The number of furan rings is 1. The van der Waals surface area contributed by atoms with Gasteiger partial charge in [-0.05, 0) is 50.5 Å². The number of hydrogen-bond donors (Lipinski definition) is 1. The highest BCUT2D eigenvalue weighted by Gasteiger charge is 2.20. The maximum Gasteiger partial charge on any atom is 0.254 e. The molecule has 1 saturated heterocycles. The first-order valence-electron chi connectivity index (χ1n) is 8.14. The summed E-state index contributed by atoms with van der Waals surface area (Å²) in [6.07, 6.45) is 3.29. The van der Waals surface area contributed by atoms with E-state index >= 15 is 0 Å². The number of carbonyl (C=O) groups excluding carboxylic acids is 1. The quantitative estimate of drug-likeness (QED) is 0.782. The third kappa shape index (κ3) is 2.51. The number of likely N-dealkylation sites (tertiary alicyclic amines) is 1. The molecule has 0 aliphatic carbocycles. The van der Waals surface area contributed by atoms with E-state index in [1.54, 1.807) is 12.1 Å². The number of amides is 1. The summed E-state index contributed by atoms with van der Waals surface area (Å²) < 4.78 is 7.09. The minimum atomic E-state index is 0.00212. The summed E-state index contributed by atoms with van der Waals surface area (Å²) in [6, 6.07) is 7.07. The molecule has 1 fully saturated rings. The number of nitrogen functional groups attached to an aromatic ring is 1. The molecule has 1 aliphatic heterocycles. The van der Waals surface area contributed by atoms with E-state index in [-0.39, 0.29) is 5.91 Å². The van der Waals surface area contributed by atoms with E-state index in [0.717, 1.165) is 31.7 Å². The van der Waals surface area contributed by atoms with Crippen molar-refractivity contribution in [3.8, 4) is 11.6 Å². The largest absolute Gasteiger partial charge is 0.458 e. The molecule has 1 aliphatic rings. The molecule has 0 spiro atoms. The molecule has 0 aromatic carbocycles. The van der Waals surface area contributed by atoms with Crippen molar-refractivity contribution in [1.82, 2.24) is 19.5 Å². The van der Waals surface area contributed by atoms with Crippen molar-refractivity contribution < 1.29 is 9.21 Å². The van der Waals surface area contributed by atoms with Crippen LogP contribution in [0.15, 0.2) is 28.7 Å². The zero-order valence-electron chi connectivity index (χ0n) is 13.5. The number of carbonyl (C=O) groups is 1. The van der Waals surface area contributed by atoms with Crippen LogP contribution in [-0.2, 0) is 0 Å². The zero-order valence-corrected chi connectivity index (χ0v) is 13.5. The summed E-state index contributed by atoms with van der Waals surface area (Å²) >= 11 is 0. The van der Waals surface area contributed by atoms with E-state index in [1.165, 1.54) is 10.9 Å². The number of aromatic nitrogens is 3. The fourth-order valence-electron chi connectivity index (χ4n) is 3.07. The highest BCUT2D eigenvalue weighted by Crippen LogP contribution is 2.22. The lowest BCUT2D eigenvalue weighted by Crippen LogP contribution is -2.35. The van der Waals surface area contributed by atoms with Gasteiger partial charge in [-0.25, -0.2) is 4.98 Å². The van der Waals surface area contributed by atoms with Crippen molar-refractivity contribution in [2.75, 3.05) is 18.8 Å². The van der Waals surface area contributed by atoms with Gasteiger partial charge in [0.2, 0.25) is 5.82 Å². The number of pyridine rings is 1. The van der Waals surface area contributed by atoms with Gasteiger partial charge >= 0.3 is 0 Å². The van der Waals surface area contributed by atoms with Crippen LogP contribution < -0.4 is 5.73 Å². The Morgan fingerprint density at radius 1 is 1.21 bits per heavy atom. The Hall–Kier alpha value is -2.83. The number of nitrogens with zero attached hydrogens (tertiary/aromatic N) is 4. The van der Waals surface area contributed by atoms with Crippen LogP contribution in [0.2, 0.25) is 0 Å². The second kappa shape index (κ2) is 5.67. The lowest BCUT2D eigenvalue weighted by Gasteiger charge is -2.26. The monoisotopic (exact) mass is 325 g/mol. The van der Waals surface area contributed by atoms with Crippen LogP contribution in [0.3, 0.4) is 0 Å². The molecule has 2 N–H and O–H groups in total. The van der Waals surface area contributed by atoms with Gasteiger partial charge in [-0.2, -0.15) is 4.52 Å². The first-order chi connectivity index (χ1) is 11.6. The van der Waals surface area contributed by atoms with Crippen LogP contribution >= 0.6 is 0 Å². The van der Waals surface area contributed by atoms with Crippen LogP contribution in [0.25, 0.3) is 17.2 Å². The molecular formula is C17H19N5O2. The van der Waals surface area contributed by atoms with E-state index in [4.69, 9.17) is 10.2 Å². The molecule has 3 aromatic rings. The average molecular weight is 325 g/mol. The van der Waals surface area contributed by atoms with E-state index in [9.17, 15) is 4.79 Å². The van der Waals surface area contributed by atoms with Crippen molar-refractivity contribution in [2.24, 2.45) is 0 Å². The smallest absolute Gasteiger partial charge is 0.254 e. The maximum absolute atomic E-state index is 12.7. The Balaban J connectivity index is 1.72. The number of rotatable bonds is 2. The number of aryl methyl sites for hydroxylation is 1. The summed E-state index contributed by atoms with van der Waals surface area (Å²) in [4.78, 5) is 19.0. The maximum atomic E-state index is 12.7. The van der Waals surface area contributed by atoms with Crippen molar-refractivity contribution >= 4 is 17.4 Å². The molecular weight excluding hydrogens is 306 g/mol. The fourth-order valence-corrected chi connectivity index (χ4v) is 3.07. The van der Waals surface area contributed by atoms with Gasteiger partial charge in [-0.3, -0.25) is 4.79 Å². The number of hydrogen-bond acceptors (Lipinski definition) is 5. The number of anilines is 1. The number of fused-ring (bicyclic) bond motifs is 1. The van der Waals surface area contributed by atoms with Crippen LogP contribution in [0.1, 0.15) is 35.4 Å². The molecule has 7 heteroatoms. The molecule has 24 heavy (non-hydrogen) atoms. The summed E-state index contributed by atoms with van der Waals surface area (Å²) in [5.74, 6) is 2.21. The third-order valence-electron chi connectivity index (χ3n) is 4.32. The first kappa shape index (κ1) is 14.7. The van der Waals surface area contributed by atoms with Gasteiger partial charge in [0.15, 0.2) is 11.4 Å². The minimum Gasteiger partial charge on any atom is -0.458 e. The summed E-state index contributed by atoms with van der Waals surface area (Å²) in [6.45, 7) is 3.46. The second-order valence-corrected chi connectivity index (χ2v) is 6.14. The Morgan fingerprint density at radius 3 is 2.71 bits per heavy atom. The lowest BCUT2D eigenvalue weighted by molar-refractivity contribution is 0.0724. The van der Waals surface area contributed by atoms with E-state index in [1.807, 2.05) is 24.0 Å². The van der Waals surface area contributed by atoms with Crippen molar-refractivity contribution in [3.63, 3.8) is 0 Å². The fraction of sp³-hybridized carbons (Fsp3) is 0.353. The normalized spacial score (nSPS) is 15.1. The van der Waals surface area contributed by atoms with Crippen LogP contribution in [-0.4, -0.2) is 38.5 Å². The van der Waals surface area contributed by atoms with Crippen molar-refractivity contribution in [2.45, 2.75) is 26.2 Å². The first-order valence-corrected chi connectivity index (χ1v) is 8.14. The molecule has 1 amide bonds. The van der Waals surface area contributed by atoms with Crippen LogP contribution in [0.4, 0.5) is 5.82 Å². The molecule has 0 bridgehead atoms. The molecule has 0 radical (unpaired) electrons. The molecule has 4 rings (SSSR count). The number of nitrogens with two attached hydrogens (primary N) is 1. The van der Waals surface area contributed by atoms with E-state index in [2.05, 4.69) is 10.1 Å². The lowest BCUT2D eigenvalue weighted by atomic mass is 10.1. The van der Waals surface area contributed by atoms with E-state index in [0.29, 0.717) is 28.6 Å². The van der Waals surface area contributed by atoms with Crippen molar-refractivity contribution in [3.05, 3.63) is 35.6 Å². The predicted molar refractivity (Wildman–Crippen MR) is 89.6 cm³/mol. The Bertz CT molecular complexity index is 905. The standard InChI is InChI=1S/C17H19N5O2/c1-11-5-6-13(24-11)16-19-15-10-12(9-14(18)22(15)20-16)17(23)21-7-3-2-4-8-21/h5-6,9-10H,2-4,7-8,18H2,1H3. The molecule has 124 valence electrons. The van der Waals surface area contributed by atoms with Gasteiger partial charge in [-0.1, -0.05) is 0 Å². The van der Waals surface area contributed by atoms with Gasteiger partial charge in [0.05, 0.1) is 0 Å². The van der Waals surface area contributed by atoms with Gasteiger partial charge < -0.3 is 15.1 Å². The second-order valence-electron chi connectivity index (χ2n) is 6.14. The predicted octanol–water partition coefficient (Wildman–Crippen LogP) is 2.51. The summed E-state index contributed by atoms with van der Waals surface area (Å²) in [7, 11) is 0. The third-order valence-corrected chi connectivity index (χ3v) is 4.32. The molecule has 4 heterocycles. The molecule has 0 saturated carbocycles. The SMILES string of the molecule is Cc1ccc(-c2nc3cc(C(=O)N4CCCCC4)cc(N)n3n2)o1. The van der Waals surface area contributed by atoms with Gasteiger partial charge in [0.25, 0.3) is 5.91 Å². The highest BCUT2D eigenvalue weighted by atomic mass is 16.3. The minimum absolute atomic E-state index is 0.00212. The zero-order chi connectivity index (χ0) is 16.7. The van der Waals surface area contributed by atoms with Gasteiger partial charge in [0, 0.05) is 18.7 Å². The number of piperidine rings is 1. The highest BCUT2D eigenvalue weighted by molar-refractivity contribution is 5.96. The Labute approximate surface area is 139 Å². The Kier molecular flexibility index (Phi) is 3.48. The van der Waals surface area contributed by atoms with Crippen LogP contribution in [0.5, 0.6) is 0 Å². The van der Waals surface area contributed by atoms with Gasteiger partial charge in [-0.15, -0.1) is 5.10 Å². The van der Waals surface area contributed by atoms with Crippen molar-refractivity contribution in [1.29, 1.82) is 0 Å². The topological polar surface area (TPSA) is 89.7 Å². The molecule has 0 unspecified atom stereocenters. The molecule has 3 aromatic heterocycles. The van der Waals surface area contributed by atoms with Gasteiger partial charge in [0.1, 0.15) is 11.6 Å². The Morgan fingerprint density at radius 2 is 2.00 bits per heavy atom. The summed E-state index contributed by atoms with van der Waals surface area (Å²) in [5, 5.41) is 4.37. The molecule has 7 nitrogen and oxygen atoms in total. The van der Waals surface area contributed by atoms with E-state index < -0.39 is 0 Å². The molecule has 0 atom stereocenters. The van der Waals surface area contributed by atoms with Crippen LogP contribution in [0, 0.1) is 6.92 Å². The average Bonchev–Trinajstić information content (AvgIpc) is 3.21.